The summed E-state index contributed by atoms with van der Waals surface area (Å²) in [7, 11) is 0. The van der Waals surface area contributed by atoms with Crippen molar-refractivity contribution < 1.29 is 22.7 Å². The number of halogens is 3. The fourth-order valence-corrected chi connectivity index (χ4v) is 3.36. The Balaban J connectivity index is 1.80. The van der Waals surface area contributed by atoms with Gasteiger partial charge in [-0.3, -0.25) is 4.79 Å². The lowest BCUT2D eigenvalue weighted by Gasteiger charge is -2.08. The molecule has 0 saturated heterocycles. The molecule has 128 valence electrons. The summed E-state index contributed by atoms with van der Waals surface area (Å²) in [5, 5.41) is 0. The Labute approximate surface area is 146 Å². The van der Waals surface area contributed by atoms with Crippen molar-refractivity contribution in [2.75, 3.05) is 0 Å². The van der Waals surface area contributed by atoms with E-state index in [0.29, 0.717) is 5.56 Å². The van der Waals surface area contributed by atoms with Gasteiger partial charge in [-0.05, 0) is 54.4 Å². The number of alkyl halides is 3. The number of thiophene rings is 1. The normalized spacial score (nSPS) is 11.4. The molecule has 2 aromatic carbocycles. The molecule has 3 aromatic rings. The highest BCUT2D eigenvalue weighted by Crippen LogP contribution is 2.35. The van der Waals surface area contributed by atoms with Crippen LogP contribution in [0.2, 0.25) is 0 Å². The lowest BCUT2D eigenvalue weighted by Crippen LogP contribution is -2.16. The minimum atomic E-state index is -4.69. The van der Waals surface area contributed by atoms with Gasteiger partial charge >= 0.3 is 6.36 Å². The monoisotopic (exact) mass is 362 g/mol. The largest absolute Gasteiger partial charge is 0.573 e. The van der Waals surface area contributed by atoms with Crippen LogP contribution in [-0.2, 0) is 0 Å². The summed E-state index contributed by atoms with van der Waals surface area (Å²) in [6, 6.07) is 17.0. The Morgan fingerprint density at radius 1 is 0.840 bits per heavy atom. The van der Waals surface area contributed by atoms with E-state index in [1.165, 1.54) is 30.4 Å². The number of benzene rings is 2. The average molecular weight is 362 g/mol. The van der Waals surface area contributed by atoms with Crippen LogP contribution in [0.5, 0.6) is 5.75 Å². The number of rotatable bonds is 4. The van der Waals surface area contributed by atoms with Gasteiger partial charge in [0.15, 0.2) is 5.78 Å². The summed E-state index contributed by atoms with van der Waals surface area (Å²) in [5.74, 6) is -0.229. The molecule has 0 aliphatic rings. The van der Waals surface area contributed by atoms with Gasteiger partial charge in [0.25, 0.3) is 0 Å². The smallest absolute Gasteiger partial charge is 0.406 e. The number of hydrogen-bond donors (Lipinski definition) is 0. The van der Waals surface area contributed by atoms with E-state index in [0.717, 1.165) is 20.9 Å². The molecule has 0 fully saturated rings. The maximum absolute atomic E-state index is 12.2. The molecule has 0 aliphatic heterocycles. The van der Waals surface area contributed by atoms with Gasteiger partial charge in [0, 0.05) is 15.3 Å². The van der Waals surface area contributed by atoms with Crippen LogP contribution in [0.4, 0.5) is 13.2 Å². The van der Waals surface area contributed by atoms with E-state index in [1.54, 1.807) is 24.3 Å². The highest BCUT2D eigenvalue weighted by molar-refractivity contribution is 7.18. The van der Waals surface area contributed by atoms with Gasteiger partial charge in [-0.25, -0.2) is 0 Å². The van der Waals surface area contributed by atoms with Crippen molar-refractivity contribution in [3.05, 3.63) is 66.2 Å². The lowest BCUT2D eigenvalue weighted by atomic mass is 10.1. The molecule has 1 heterocycles. The summed E-state index contributed by atoms with van der Waals surface area (Å²) >= 11 is 1.52. The molecule has 1 aromatic heterocycles. The van der Waals surface area contributed by atoms with Gasteiger partial charge in [-0.2, -0.15) is 0 Å². The molecule has 6 heteroatoms. The second-order valence-electron chi connectivity index (χ2n) is 5.37. The molecular weight excluding hydrogens is 349 g/mol. The molecule has 3 rings (SSSR count). The summed E-state index contributed by atoms with van der Waals surface area (Å²) in [6.45, 7) is 1.52. The van der Waals surface area contributed by atoms with Crippen molar-refractivity contribution in [1.82, 2.24) is 0 Å². The standard InChI is InChI=1S/C19H13F3O2S/c1-12(23)13-2-4-14(5-3-13)17-10-11-18(25-17)15-6-8-16(9-7-15)24-19(20,21)22/h2-11H,1H3. The van der Waals surface area contributed by atoms with Crippen molar-refractivity contribution >= 4 is 17.1 Å². The molecule has 25 heavy (non-hydrogen) atoms. The van der Waals surface area contributed by atoms with E-state index in [9.17, 15) is 18.0 Å². The van der Waals surface area contributed by atoms with Crippen molar-refractivity contribution in [1.29, 1.82) is 0 Å². The van der Waals surface area contributed by atoms with Crippen LogP contribution in [0.3, 0.4) is 0 Å². The minimum Gasteiger partial charge on any atom is -0.406 e. The fraction of sp³-hybridized carbons (Fsp3) is 0.105. The minimum absolute atomic E-state index is 0.0135. The molecule has 0 aliphatic carbocycles. The second-order valence-corrected chi connectivity index (χ2v) is 6.45. The molecule has 0 amide bonds. The highest BCUT2D eigenvalue weighted by Gasteiger charge is 2.30. The van der Waals surface area contributed by atoms with Gasteiger partial charge in [-0.1, -0.05) is 24.3 Å². The van der Waals surface area contributed by atoms with Crippen molar-refractivity contribution in [3.8, 4) is 26.6 Å². The predicted octanol–water partition coefficient (Wildman–Crippen LogP) is 6.18. The van der Waals surface area contributed by atoms with E-state index in [1.807, 2.05) is 24.3 Å². The van der Waals surface area contributed by atoms with Gasteiger partial charge in [0.2, 0.25) is 0 Å². The zero-order valence-corrected chi connectivity index (χ0v) is 13.9. The first-order chi connectivity index (χ1) is 11.8. The molecule has 0 radical (unpaired) electrons. The van der Waals surface area contributed by atoms with Crippen LogP contribution in [0.25, 0.3) is 20.9 Å². The Bertz CT molecular complexity index is 878. The number of Topliss-reactive ketones (excluding diaryl/α,β-unsaturated/α-hetero) is 1. The topological polar surface area (TPSA) is 26.3 Å². The maximum Gasteiger partial charge on any atom is 0.573 e. The quantitative estimate of drug-likeness (QED) is 0.518. The van der Waals surface area contributed by atoms with E-state index >= 15 is 0 Å². The van der Waals surface area contributed by atoms with Crippen molar-refractivity contribution in [3.63, 3.8) is 0 Å². The van der Waals surface area contributed by atoms with Crippen LogP contribution in [0.15, 0.2) is 60.7 Å². The van der Waals surface area contributed by atoms with Crippen LogP contribution in [-0.4, -0.2) is 12.1 Å². The molecule has 2 nitrogen and oxygen atoms in total. The highest BCUT2D eigenvalue weighted by atomic mass is 32.1. The van der Waals surface area contributed by atoms with Crippen molar-refractivity contribution in [2.24, 2.45) is 0 Å². The molecule has 0 bridgehead atoms. The van der Waals surface area contributed by atoms with E-state index in [2.05, 4.69) is 4.74 Å². The summed E-state index contributed by atoms with van der Waals surface area (Å²) in [4.78, 5) is 13.3. The van der Waals surface area contributed by atoms with Crippen LogP contribution in [0.1, 0.15) is 17.3 Å². The Morgan fingerprint density at radius 2 is 1.32 bits per heavy atom. The van der Waals surface area contributed by atoms with E-state index in [4.69, 9.17) is 0 Å². The molecule has 0 saturated carbocycles. The zero-order valence-electron chi connectivity index (χ0n) is 13.1. The summed E-state index contributed by atoms with van der Waals surface area (Å²) in [6.07, 6.45) is -4.69. The van der Waals surface area contributed by atoms with Crippen LogP contribution >= 0.6 is 11.3 Å². The molecule has 0 spiro atoms. The SMILES string of the molecule is CC(=O)c1ccc(-c2ccc(-c3ccc(OC(F)(F)F)cc3)s2)cc1. The molecule has 0 unspecified atom stereocenters. The molecule has 0 N–H and O–H groups in total. The zero-order chi connectivity index (χ0) is 18.0. The first kappa shape index (κ1) is 17.2. The van der Waals surface area contributed by atoms with Crippen LogP contribution in [0, 0.1) is 0 Å². The first-order valence-electron chi connectivity index (χ1n) is 7.39. The van der Waals surface area contributed by atoms with Gasteiger partial charge in [-0.15, -0.1) is 24.5 Å². The second kappa shape index (κ2) is 6.72. The van der Waals surface area contributed by atoms with Gasteiger partial charge in [0.05, 0.1) is 0 Å². The Hall–Kier alpha value is -2.60. The van der Waals surface area contributed by atoms with Gasteiger partial charge < -0.3 is 4.74 Å². The summed E-state index contributed by atoms with van der Waals surface area (Å²) < 4.78 is 40.5. The number of hydrogen-bond acceptors (Lipinski definition) is 3. The maximum atomic E-state index is 12.2. The van der Waals surface area contributed by atoms with Crippen molar-refractivity contribution in [2.45, 2.75) is 13.3 Å². The number of carbonyl (C=O) groups is 1. The lowest BCUT2D eigenvalue weighted by molar-refractivity contribution is -0.274. The Morgan fingerprint density at radius 3 is 1.76 bits per heavy atom. The number of ketones is 1. The third-order valence-corrected chi connectivity index (χ3v) is 4.74. The van der Waals surface area contributed by atoms with E-state index in [-0.39, 0.29) is 11.5 Å². The molecular formula is C19H13F3O2S. The fourth-order valence-electron chi connectivity index (χ4n) is 2.34. The van der Waals surface area contributed by atoms with Gasteiger partial charge in [0.1, 0.15) is 5.75 Å². The third-order valence-electron chi connectivity index (χ3n) is 3.55. The number of carbonyl (C=O) groups excluding carboxylic acids is 1. The van der Waals surface area contributed by atoms with E-state index < -0.39 is 6.36 Å². The molecule has 0 atom stereocenters. The Kier molecular flexibility index (Phi) is 4.63. The summed E-state index contributed by atoms with van der Waals surface area (Å²) in [5.41, 5.74) is 2.45. The first-order valence-corrected chi connectivity index (χ1v) is 8.21. The number of ether oxygens (including phenoxy) is 1. The van der Waals surface area contributed by atoms with Crippen LogP contribution < -0.4 is 4.74 Å². The average Bonchev–Trinajstić information content (AvgIpc) is 3.04. The third kappa shape index (κ3) is 4.28. The predicted molar refractivity (Wildman–Crippen MR) is 91.9 cm³/mol.